The molecule has 0 bridgehead atoms. The van der Waals surface area contributed by atoms with Crippen LogP contribution in [0.5, 0.6) is 0 Å². The number of benzene rings is 1. The third kappa shape index (κ3) is 4.33. The van der Waals surface area contributed by atoms with E-state index in [0.717, 1.165) is 32.6 Å². The topological polar surface area (TPSA) is 15.3 Å². The van der Waals surface area contributed by atoms with Crippen molar-refractivity contribution in [3.63, 3.8) is 0 Å². The Morgan fingerprint density at radius 2 is 1.56 bits per heavy atom. The predicted molar refractivity (Wildman–Crippen MR) is 70.7 cm³/mol. The quantitative estimate of drug-likeness (QED) is 0.758. The van der Waals surface area contributed by atoms with E-state index < -0.39 is 0 Å². The van der Waals surface area contributed by atoms with Crippen molar-refractivity contribution in [3.05, 3.63) is 35.4 Å². The molecule has 1 aromatic rings. The molecule has 0 aliphatic heterocycles. The van der Waals surface area contributed by atoms with Gasteiger partial charge in [0, 0.05) is 6.54 Å². The van der Waals surface area contributed by atoms with E-state index in [1.54, 1.807) is 0 Å². The zero-order chi connectivity index (χ0) is 11.8. The predicted octanol–water partition coefficient (Wildman–Crippen LogP) is 2.29. The number of nitrogens with zero attached hydrogens (tertiary/aromatic N) is 1. The maximum absolute atomic E-state index is 3.17. The zero-order valence-electron chi connectivity index (χ0n) is 10.8. The van der Waals surface area contributed by atoms with Crippen LogP contribution < -0.4 is 5.32 Å². The van der Waals surface area contributed by atoms with Gasteiger partial charge >= 0.3 is 0 Å². The first-order chi connectivity index (χ1) is 7.80. The van der Waals surface area contributed by atoms with Gasteiger partial charge in [-0.2, -0.15) is 0 Å². The second-order valence-corrected chi connectivity index (χ2v) is 4.13. The van der Waals surface area contributed by atoms with Crippen molar-refractivity contribution in [3.8, 4) is 0 Å². The summed E-state index contributed by atoms with van der Waals surface area (Å²) in [6.07, 6.45) is 1.11. The van der Waals surface area contributed by atoms with Crippen LogP contribution in [0.3, 0.4) is 0 Å². The monoisotopic (exact) mass is 220 g/mol. The van der Waals surface area contributed by atoms with Crippen molar-refractivity contribution in [2.24, 2.45) is 0 Å². The Morgan fingerprint density at radius 3 is 2.06 bits per heavy atom. The van der Waals surface area contributed by atoms with Gasteiger partial charge in [-0.15, -0.1) is 0 Å². The average Bonchev–Trinajstić information content (AvgIpc) is 2.35. The Hall–Kier alpha value is -0.860. The van der Waals surface area contributed by atoms with Gasteiger partial charge < -0.3 is 5.32 Å². The summed E-state index contributed by atoms with van der Waals surface area (Å²) in [5.74, 6) is 0. The first-order valence-corrected chi connectivity index (χ1v) is 6.24. The highest BCUT2D eigenvalue weighted by Crippen LogP contribution is 2.07. The molecule has 0 radical (unpaired) electrons. The van der Waals surface area contributed by atoms with E-state index in [1.165, 1.54) is 11.1 Å². The number of likely N-dealkylation sites (N-methyl/N-ethyl adjacent to an activating group) is 1. The number of rotatable bonds is 7. The number of hydrogen-bond acceptors (Lipinski definition) is 2. The van der Waals surface area contributed by atoms with Crippen LogP contribution in [0, 0.1) is 0 Å². The van der Waals surface area contributed by atoms with Gasteiger partial charge in [-0.05, 0) is 44.2 Å². The van der Waals surface area contributed by atoms with Gasteiger partial charge in [0.15, 0.2) is 0 Å². The number of nitrogens with one attached hydrogen (secondary N) is 1. The Bertz CT molecular complexity index is 275. The third-order valence-corrected chi connectivity index (χ3v) is 2.99. The van der Waals surface area contributed by atoms with Gasteiger partial charge in [-0.25, -0.2) is 0 Å². The van der Waals surface area contributed by atoms with Crippen LogP contribution in [0.4, 0.5) is 0 Å². The third-order valence-electron chi connectivity index (χ3n) is 2.99. The van der Waals surface area contributed by atoms with E-state index in [9.17, 15) is 0 Å². The molecule has 0 spiro atoms. The minimum atomic E-state index is 1.05. The van der Waals surface area contributed by atoms with Crippen molar-refractivity contribution in [1.82, 2.24) is 10.2 Å². The largest absolute Gasteiger partial charge is 0.319 e. The minimum Gasteiger partial charge on any atom is -0.319 e. The highest BCUT2D eigenvalue weighted by Gasteiger charge is 2.00. The summed E-state index contributed by atoms with van der Waals surface area (Å²) in [6.45, 7) is 8.79. The van der Waals surface area contributed by atoms with Crippen LogP contribution in [0.25, 0.3) is 0 Å². The van der Waals surface area contributed by atoms with Crippen LogP contribution in [0.15, 0.2) is 24.3 Å². The van der Waals surface area contributed by atoms with Gasteiger partial charge in [-0.1, -0.05) is 38.1 Å². The summed E-state index contributed by atoms with van der Waals surface area (Å²) in [4.78, 5) is 2.43. The molecular formula is C14H24N2. The molecule has 1 rings (SSSR count). The summed E-state index contributed by atoms with van der Waals surface area (Å²) < 4.78 is 0. The first-order valence-electron chi connectivity index (χ1n) is 6.24. The van der Waals surface area contributed by atoms with Gasteiger partial charge in [0.25, 0.3) is 0 Å². The van der Waals surface area contributed by atoms with E-state index in [4.69, 9.17) is 0 Å². The summed E-state index contributed by atoms with van der Waals surface area (Å²) in [5, 5.41) is 3.17. The van der Waals surface area contributed by atoms with Crippen molar-refractivity contribution in [2.75, 3.05) is 26.7 Å². The molecule has 0 aliphatic carbocycles. The smallest absolute Gasteiger partial charge is 0.0233 e. The molecule has 0 heterocycles. The first kappa shape index (κ1) is 13.2. The normalized spacial score (nSPS) is 11.0. The molecule has 0 fully saturated rings. The van der Waals surface area contributed by atoms with Gasteiger partial charge in [0.05, 0.1) is 0 Å². The molecule has 0 saturated heterocycles. The summed E-state index contributed by atoms with van der Waals surface area (Å²) >= 11 is 0. The fourth-order valence-electron chi connectivity index (χ4n) is 1.79. The molecule has 0 aliphatic rings. The standard InChI is InChI=1S/C14H24N2/c1-4-16(5-2)12-14-8-6-13(7-9-14)10-11-15-3/h6-9,15H,4-5,10-12H2,1-3H3. The maximum Gasteiger partial charge on any atom is 0.0233 e. The lowest BCUT2D eigenvalue weighted by molar-refractivity contribution is 0.296. The highest BCUT2D eigenvalue weighted by atomic mass is 15.1. The van der Waals surface area contributed by atoms with Crippen molar-refractivity contribution in [1.29, 1.82) is 0 Å². The van der Waals surface area contributed by atoms with Gasteiger partial charge in [-0.3, -0.25) is 4.90 Å². The molecular weight excluding hydrogens is 196 g/mol. The van der Waals surface area contributed by atoms with Crippen LogP contribution in [0.2, 0.25) is 0 Å². The Kier molecular flexibility index (Phi) is 6.12. The van der Waals surface area contributed by atoms with Crippen LogP contribution in [0.1, 0.15) is 25.0 Å². The summed E-state index contributed by atoms with van der Waals surface area (Å²) in [6, 6.07) is 9.00. The molecule has 0 aromatic heterocycles. The fourth-order valence-corrected chi connectivity index (χ4v) is 1.79. The Balaban J connectivity index is 2.50. The van der Waals surface area contributed by atoms with Crippen LogP contribution in [-0.2, 0) is 13.0 Å². The molecule has 1 aromatic carbocycles. The van der Waals surface area contributed by atoms with E-state index in [-0.39, 0.29) is 0 Å². The fraction of sp³-hybridized carbons (Fsp3) is 0.571. The average molecular weight is 220 g/mol. The lowest BCUT2D eigenvalue weighted by Gasteiger charge is -2.18. The molecule has 0 unspecified atom stereocenters. The summed E-state index contributed by atoms with van der Waals surface area (Å²) in [5.41, 5.74) is 2.83. The van der Waals surface area contributed by atoms with Crippen molar-refractivity contribution in [2.45, 2.75) is 26.8 Å². The SMILES string of the molecule is CCN(CC)Cc1ccc(CCNC)cc1. The highest BCUT2D eigenvalue weighted by molar-refractivity contribution is 5.22. The second-order valence-electron chi connectivity index (χ2n) is 4.13. The maximum atomic E-state index is 3.17. The molecule has 1 N–H and O–H groups in total. The molecule has 90 valence electrons. The molecule has 2 nitrogen and oxygen atoms in total. The Morgan fingerprint density at radius 1 is 1.00 bits per heavy atom. The Labute approximate surface area is 99.7 Å². The second kappa shape index (κ2) is 7.42. The molecule has 16 heavy (non-hydrogen) atoms. The molecule has 2 heteroatoms. The van der Waals surface area contributed by atoms with Crippen molar-refractivity contribution < 1.29 is 0 Å². The van der Waals surface area contributed by atoms with E-state index in [0.29, 0.717) is 0 Å². The van der Waals surface area contributed by atoms with E-state index in [2.05, 4.69) is 48.3 Å². The molecule has 0 amide bonds. The van der Waals surface area contributed by atoms with Crippen LogP contribution >= 0.6 is 0 Å². The van der Waals surface area contributed by atoms with Gasteiger partial charge in [0.2, 0.25) is 0 Å². The van der Waals surface area contributed by atoms with Gasteiger partial charge in [0.1, 0.15) is 0 Å². The lowest BCUT2D eigenvalue weighted by Crippen LogP contribution is -2.22. The molecule has 0 atom stereocenters. The van der Waals surface area contributed by atoms with E-state index >= 15 is 0 Å². The lowest BCUT2D eigenvalue weighted by atomic mass is 10.1. The summed E-state index contributed by atoms with van der Waals surface area (Å²) in [7, 11) is 1.99. The van der Waals surface area contributed by atoms with E-state index in [1.807, 2.05) is 7.05 Å². The zero-order valence-corrected chi connectivity index (χ0v) is 10.8. The molecule has 0 saturated carbocycles. The van der Waals surface area contributed by atoms with Crippen molar-refractivity contribution >= 4 is 0 Å². The van der Waals surface area contributed by atoms with Crippen LogP contribution in [-0.4, -0.2) is 31.6 Å². The minimum absolute atomic E-state index is 1.05. The number of hydrogen-bond donors (Lipinski definition) is 1.